The van der Waals surface area contributed by atoms with Crippen LogP contribution in [0.2, 0.25) is 0 Å². The molecule has 0 aromatic heterocycles. The lowest BCUT2D eigenvalue weighted by Gasteiger charge is -2.22. The molecule has 0 bridgehead atoms. The summed E-state index contributed by atoms with van der Waals surface area (Å²) in [7, 11) is 1.78. The number of ether oxygens (including phenoxy) is 4. The van der Waals surface area contributed by atoms with Crippen LogP contribution in [0.5, 0.6) is 11.5 Å². The van der Waals surface area contributed by atoms with Gasteiger partial charge >= 0.3 is 0 Å². The van der Waals surface area contributed by atoms with Gasteiger partial charge in [-0.15, -0.1) is 0 Å². The third kappa shape index (κ3) is 6.35. The first-order valence-corrected chi connectivity index (χ1v) is 10.9. The van der Waals surface area contributed by atoms with Crippen molar-refractivity contribution >= 4 is 5.96 Å². The molecule has 31 heavy (non-hydrogen) atoms. The van der Waals surface area contributed by atoms with Gasteiger partial charge in [0.1, 0.15) is 0 Å². The molecule has 2 aliphatic heterocycles. The van der Waals surface area contributed by atoms with E-state index in [0.717, 1.165) is 56.5 Å². The highest BCUT2D eigenvalue weighted by Gasteiger charge is 2.14. The number of rotatable bonds is 8. The van der Waals surface area contributed by atoms with Gasteiger partial charge in [-0.2, -0.15) is 0 Å². The molecule has 2 N–H and O–H groups in total. The van der Waals surface area contributed by atoms with Crippen molar-refractivity contribution in [3.63, 3.8) is 0 Å². The Balaban J connectivity index is 1.17. The molecule has 7 heteroatoms. The third-order valence-electron chi connectivity index (χ3n) is 5.50. The van der Waals surface area contributed by atoms with Crippen LogP contribution in [-0.4, -0.2) is 45.7 Å². The summed E-state index contributed by atoms with van der Waals surface area (Å²) < 4.78 is 22.2. The number of nitrogens with one attached hydrogen (secondary N) is 2. The van der Waals surface area contributed by atoms with E-state index in [1.54, 1.807) is 7.05 Å². The van der Waals surface area contributed by atoms with E-state index in [0.29, 0.717) is 26.0 Å². The van der Waals surface area contributed by atoms with Crippen LogP contribution in [-0.2, 0) is 29.0 Å². The standard InChI is InChI=1S/C24H31N3O4/c1-25-24(26-11-8-18-6-7-22-23(14-18)31-17-30-22)27-15-19-2-4-20(5-3-19)16-29-21-9-12-28-13-10-21/h2-7,14,21H,8-13,15-17H2,1H3,(H2,25,26,27). The molecule has 0 unspecified atom stereocenters. The first-order valence-electron chi connectivity index (χ1n) is 10.9. The summed E-state index contributed by atoms with van der Waals surface area (Å²) in [4.78, 5) is 4.31. The summed E-state index contributed by atoms with van der Waals surface area (Å²) in [6, 6.07) is 14.6. The van der Waals surface area contributed by atoms with Gasteiger partial charge in [0.2, 0.25) is 6.79 Å². The lowest BCUT2D eigenvalue weighted by Crippen LogP contribution is -2.37. The van der Waals surface area contributed by atoms with Crippen molar-refractivity contribution < 1.29 is 18.9 Å². The molecule has 2 heterocycles. The van der Waals surface area contributed by atoms with E-state index in [4.69, 9.17) is 18.9 Å². The topological polar surface area (TPSA) is 73.3 Å². The molecule has 0 aliphatic carbocycles. The van der Waals surface area contributed by atoms with Gasteiger partial charge in [0.15, 0.2) is 17.5 Å². The highest BCUT2D eigenvalue weighted by molar-refractivity contribution is 5.79. The van der Waals surface area contributed by atoms with Crippen molar-refractivity contribution in [3.8, 4) is 11.5 Å². The quantitative estimate of drug-likeness (QED) is 0.500. The summed E-state index contributed by atoms with van der Waals surface area (Å²) in [5.74, 6) is 2.42. The number of fused-ring (bicyclic) bond motifs is 1. The van der Waals surface area contributed by atoms with E-state index in [1.165, 1.54) is 16.7 Å². The zero-order valence-electron chi connectivity index (χ0n) is 18.1. The normalized spacial score (nSPS) is 16.4. The monoisotopic (exact) mass is 425 g/mol. The van der Waals surface area contributed by atoms with Crippen LogP contribution in [0.25, 0.3) is 0 Å². The summed E-state index contributed by atoms with van der Waals surface area (Å²) in [6.45, 7) is 4.06. The Morgan fingerprint density at radius 2 is 1.71 bits per heavy atom. The van der Waals surface area contributed by atoms with Crippen molar-refractivity contribution in [3.05, 3.63) is 59.2 Å². The van der Waals surface area contributed by atoms with Gasteiger partial charge in [0.05, 0.1) is 12.7 Å². The number of guanidine groups is 1. The summed E-state index contributed by atoms with van der Waals surface area (Å²) in [5, 5.41) is 6.73. The van der Waals surface area contributed by atoms with Crippen molar-refractivity contribution in [1.29, 1.82) is 0 Å². The minimum absolute atomic E-state index is 0.303. The third-order valence-corrected chi connectivity index (χ3v) is 5.50. The maximum absolute atomic E-state index is 5.99. The van der Waals surface area contributed by atoms with Gasteiger partial charge in [-0.3, -0.25) is 4.99 Å². The first-order chi connectivity index (χ1) is 15.3. The van der Waals surface area contributed by atoms with Crippen molar-refractivity contribution in [2.75, 3.05) is 33.6 Å². The Bertz CT molecular complexity index is 864. The number of benzene rings is 2. The number of hydrogen-bond donors (Lipinski definition) is 2. The van der Waals surface area contributed by atoms with Gasteiger partial charge in [-0.05, 0) is 48.1 Å². The van der Waals surface area contributed by atoms with Crippen LogP contribution in [0.4, 0.5) is 0 Å². The smallest absolute Gasteiger partial charge is 0.231 e. The van der Waals surface area contributed by atoms with E-state index in [-0.39, 0.29) is 0 Å². The van der Waals surface area contributed by atoms with E-state index in [2.05, 4.69) is 46.0 Å². The molecule has 1 saturated heterocycles. The fourth-order valence-electron chi connectivity index (χ4n) is 3.64. The summed E-state index contributed by atoms with van der Waals surface area (Å²) >= 11 is 0. The zero-order chi connectivity index (χ0) is 21.3. The lowest BCUT2D eigenvalue weighted by molar-refractivity contribution is -0.0390. The second kappa shape index (κ2) is 11.0. The summed E-state index contributed by atoms with van der Waals surface area (Å²) in [5.41, 5.74) is 3.60. The molecule has 2 aromatic rings. The van der Waals surface area contributed by atoms with Crippen LogP contribution >= 0.6 is 0 Å². The molecule has 1 fully saturated rings. The fourth-order valence-corrected chi connectivity index (χ4v) is 3.64. The van der Waals surface area contributed by atoms with Gasteiger partial charge in [-0.25, -0.2) is 0 Å². The highest BCUT2D eigenvalue weighted by Crippen LogP contribution is 2.32. The minimum Gasteiger partial charge on any atom is -0.454 e. The molecule has 166 valence electrons. The number of nitrogens with zero attached hydrogens (tertiary/aromatic N) is 1. The molecule has 0 radical (unpaired) electrons. The SMILES string of the molecule is CN=C(NCCc1ccc2c(c1)OCO2)NCc1ccc(COC2CCOCC2)cc1. The predicted octanol–water partition coefficient (Wildman–Crippen LogP) is 3.02. The predicted molar refractivity (Wildman–Crippen MR) is 120 cm³/mol. The molecule has 0 saturated carbocycles. The molecular weight excluding hydrogens is 394 g/mol. The van der Waals surface area contributed by atoms with Crippen LogP contribution < -0.4 is 20.1 Å². The van der Waals surface area contributed by atoms with E-state index < -0.39 is 0 Å². The maximum atomic E-state index is 5.99. The molecule has 0 spiro atoms. The highest BCUT2D eigenvalue weighted by atomic mass is 16.7. The molecular formula is C24H31N3O4. The Hall–Kier alpha value is -2.77. The van der Waals surface area contributed by atoms with Crippen molar-refractivity contribution in [1.82, 2.24) is 10.6 Å². The second-order valence-electron chi connectivity index (χ2n) is 7.73. The van der Waals surface area contributed by atoms with Crippen LogP contribution in [0.1, 0.15) is 29.5 Å². The van der Waals surface area contributed by atoms with Crippen molar-refractivity contribution in [2.45, 2.75) is 38.5 Å². The van der Waals surface area contributed by atoms with Gasteiger partial charge in [0.25, 0.3) is 0 Å². The fraction of sp³-hybridized carbons (Fsp3) is 0.458. The molecule has 7 nitrogen and oxygen atoms in total. The summed E-state index contributed by atoms with van der Waals surface area (Å²) in [6.07, 6.45) is 3.17. The number of aliphatic imine (C=N–C) groups is 1. The number of hydrogen-bond acceptors (Lipinski definition) is 5. The molecule has 0 atom stereocenters. The maximum Gasteiger partial charge on any atom is 0.231 e. The first kappa shape index (κ1) is 21.5. The Kier molecular flexibility index (Phi) is 7.63. The van der Waals surface area contributed by atoms with E-state index in [1.807, 2.05) is 12.1 Å². The average molecular weight is 426 g/mol. The van der Waals surface area contributed by atoms with E-state index >= 15 is 0 Å². The Morgan fingerprint density at radius 1 is 0.968 bits per heavy atom. The zero-order valence-corrected chi connectivity index (χ0v) is 18.1. The van der Waals surface area contributed by atoms with Gasteiger partial charge in [-0.1, -0.05) is 30.3 Å². The molecule has 2 aromatic carbocycles. The van der Waals surface area contributed by atoms with Crippen LogP contribution in [0, 0.1) is 0 Å². The van der Waals surface area contributed by atoms with E-state index in [9.17, 15) is 0 Å². The Labute approximate surface area is 183 Å². The largest absolute Gasteiger partial charge is 0.454 e. The van der Waals surface area contributed by atoms with Crippen molar-refractivity contribution in [2.24, 2.45) is 4.99 Å². The average Bonchev–Trinajstić information content (AvgIpc) is 3.29. The molecule has 0 amide bonds. The lowest BCUT2D eigenvalue weighted by atomic mass is 10.1. The van der Waals surface area contributed by atoms with Gasteiger partial charge in [0, 0.05) is 33.4 Å². The van der Waals surface area contributed by atoms with Crippen LogP contribution in [0.15, 0.2) is 47.5 Å². The van der Waals surface area contributed by atoms with Gasteiger partial charge < -0.3 is 29.6 Å². The minimum atomic E-state index is 0.303. The molecule has 4 rings (SSSR count). The Morgan fingerprint density at radius 3 is 2.52 bits per heavy atom. The molecule has 2 aliphatic rings. The van der Waals surface area contributed by atoms with Crippen LogP contribution in [0.3, 0.4) is 0 Å². The second-order valence-corrected chi connectivity index (χ2v) is 7.73.